The third-order valence-electron chi connectivity index (χ3n) is 9.43. The molecule has 244 valence electrons. The number of allylic oxidation sites excluding steroid dienone is 2. The number of hydrogen-bond donors (Lipinski definition) is 1. The Morgan fingerprint density at radius 2 is 1.48 bits per heavy atom. The number of ether oxygens (including phenoxy) is 1. The van der Waals surface area contributed by atoms with E-state index in [0.717, 1.165) is 4.90 Å². The van der Waals surface area contributed by atoms with Crippen LogP contribution in [0.3, 0.4) is 0 Å². The molecule has 6 unspecified atom stereocenters. The van der Waals surface area contributed by atoms with Gasteiger partial charge < -0.3 is 9.84 Å². The van der Waals surface area contributed by atoms with E-state index in [1.54, 1.807) is 26.8 Å². The maximum absolute atomic E-state index is 15.1. The average molecular weight is 687 g/mol. The molecule has 4 aliphatic rings. The first-order chi connectivity index (χ1) is 21.3. The molecule has 2 heterocycles. The molecule has 6 atom stereocenters. The monoisotopic (exact) mass is 686 g/mol. The lowest BCUT2D eigenvalue weighted by molar-refractivity contribution is -0.145. The van der Waals surface area contributed by atoms with Gasteiger partial charge in [-0.2, -0.15) is 0 Å². The van der Waals surface area contributed by atoms with Crippen molar-refractivity contribution < 1.29 is 51.0 Å². The van der Waals surface area contributed by atoms with Crippen molar-refractivity contribution in [2.45, 2.75) is 54.8 Å². The Kier molecular flexibility index (Phi) is 7.11. The third-order valence-corrected chi connectivity index (χ3v) is 10.8. The number of likely N-dealkylation sites (tertiary alicyclic amines) is 1. The highest BCUT2D eigenvalue weighted by Gasteiger charge is 2.77. The fourth-order valence-corrected chi connectivity index (χ4v) is 8.41. The van der Waals surface area contributed by atoms with Crippen LogP contribution in [0.5, 0.6) is 11.5 Å². The lowest BCUT2D eigenvalue weighted by Crippen LogP contribution is -2.60. The van der Waals surface area contributed by atoms with E-state index in [-0.39, 0.29) is 34.0 Å². The minimum atomic E-state index is -2.67. The van der Waals surface area contributed by atoms with Gasteiger partial charge >= 0.3 is 0 Å². The first-order valence-electron chi connectivity index (χ1n) is 14.1. The average Bonchev–Trinajstić information content (AvgIpc) is 3.34. The number of carbonyl (C=O) groups excluding carboxylic acids is 4. The Balaban J connectivity index is 1.61. The maximum atomic E-state index is 15.1. The highest BCUT2D eigenvalue weighted by molar-refractivity contribution is 6.58. The van der Waals surface area contributed by atoms with Crippen LogP contribution in [0.15, 0.2) is 29.8 Å². The zero-order valence-corrected chi connectivity index (χ0v) is 26.1. The van der Waals surface area contributed by atoms with Crippen molar-refractivity contribution in [2.75, 3.05) is 12.0 Å². The Bertz CT molecular complexity index is 1780. The third kappa shape index (κ3) is 3.90. The van der Waals surface area contributed by atoms with Crippen molar-refractivity contribution in [1.29, 1.82) is 0 Å². The molecule has 4 amide bonds. The van der Waals surface area contributed by atoms with E-state index in [9.17, 15) is 37.5 Å². The molecule has 15 heteroatoms. The van der Waals surface area contributed by atoms with Gasteiger partial charge in [0.1, 0.15) is 5.69 Å². The predicted molar refractivity (Wildman–Crippen MR) is 153 cm³/mol. The smallest absolute Gasteiger partial charge is 0.258 e. The SMILES string of the molecule is COc1cc(C2C3=CCC4C(=O)N(C(C)(C)C)C(=O)C4C3CC3(Cl)C(=O)N(c4c(F)c(F)c(F)c(F)c4F)C(=O)C23Cl)ccc1O. The molecule has 1 saturated carbocycles. The van der Waals surface area contributed by atoms with Crippen LogP contribution in [0.25, 0.3) is 0 Å². The number of imide groups is 2. The van der Waals surface area contributed by atoms with Crippen molar-refractivity contribution >= 4 is 52.5 Å². The van der Waals surface area contributed by atoms with Gasteiger partial charge in [-0.15, -0.1) is 23.2 Å². The van der Waals surface area contributed by atoms with E-state index in [0.29, 0.717) is 0 Å². The molecule has 0 spiro atoms. The zero-order valence-electron chi connectivity index (χ0n) is 24.6. The first kappa shape index (κ1) is 32.2. The van der Waals surface area contributed by atoms with Gasteiger partial charge in [-0.1, -0.05) is 17.7 Å². The molecule has 8 nitrogen and oxygen atoms in total. The number of aromatic hydroxyl groups is 1. The number of rotatable bonds is 3. The number of nitrogens with zero attached hydrogens (tertiary/aromatic N) is 2. The van der Waals surface area contributed by atoms with Gasteiger partial charge in [0.25, 0.3) is 11.8 Å². The number of benzene rings is 2. The number of phenols is 1. The van der Waals surface area contributed by atoms with Gasteiger partial charge in [0.05, 0.1) is 18.9 Å². The number of fused-ring (bicyclic) bond motifs is 4. The second-order valence-corrected chi connectivity index (χ2v) is 14.0. The first-order valence-corrected chi connectivity index (χ1v) is 14.8. The number of amides is 4. The summed E-state index contributed by atoms with van der Waals surface area (Å²) in [7, 11) is 1.23. The van der Waals surface area contributed by atoms with E-state index in [1.807, 2.05) is 0 Å². The molecule has 2 aromatic carbocycles. The summed E-state index contributed by atoms with van der Waals surface area (Å²) in [5, 5.41) is 10.3. The summed E-state index contributed by atoms with van der Waals surface area (Å²) in [4.78, 5) is 51.4. The second kappa shape index (κ2) is 10.1. The molecule has 3 fully saturated rings. The van der Waals surface area contributed by atoms with Crippen LogP contribution in [0, 0.1) is 46.8 Å². The van der Waals surface area contributed by atoms with Crippen LogP contribution in [0.4, 0.5) is 27.6 Å². The van der Waals surface area contributed by atoms with E-state index in [4.69, 9.17) is 27.9 Å². The number of phenolic OH excluding ortho intramolecular Hbond substituents is 1. The number of hydrogen-bond acceptors (Lipinski definition) is 6. The summed E-state index contributed by atoms with van der Waals surface area (Å²) in [6, 6.07) is 3.79. The van der Waals surface area contributed by atoms with Crippen LogP contribution in [0.2, 0.25) is 0 Å². The molecule has 6 rings (SSSR count). The van der Waals surface area contributed by atoms with Crippen LogP contribution in [-0.2, 0) is 19.2 Å². The highest BCUT2D eigenvalue weighted by Crippen LogP contribution is 2.66. The number of carbonyl (C=O) groups is 4. The predicted octanol–water partition coefficient (Wildman–Crippen LogP) is 5.46. The highest BCUT2D eigenvalue weighted by atomic mass is 35.5. The number of alkyl halides is 2. The molecule has 1 N–H and O–H groups in total. The molecular weight excluding hydrogens is 662 g/mol. The Labute approximate surface area is 268 Å². The largest absolute Gasteiger partial charge is 0.504 e. The van der Waals surface area contributed by atoms with E-state index in [2.05, 4.69) is 0 Å². The molecule has 2 aromatic rings. The Hall–Kier alpha value is -3.71. The van der Waals surface area contributed by atoms with E-state index >= 15 is 8.78 Å². The standard InChI is InChI=1S/C31H25Cl2F5N2O6/c1-29(2,3)40-25(42)13-7-6-12-14(17(13)26(40)43)10-30(32)27(44)39(24-22(37)20(35)19(34)21(36)23(24)38)28(45)31(30,33)18(12)11-5-8-15(41)16(9-11)46-4/h5-6,8-9,13-14,17-18,41H,7,10H2,1-4H3. The quantitative estimate of drug-likeness (QED) is 0.115. The normalized spacial score (nSPS) is 30.8. The fourth-order valence-electron chi connectivity index (χ4n) is 7.48. The van der Waals surface area contributed by atoms with Crippen LogP contribution >= 0.6 is 23.2 Å². The number of methoxy groups -OCH3 is 1. The van der Waals surface area contributed by atoms with Gasteiger partial charge in [-0.05, 0) is 57.2 Å². The zero-order chi connectivity index (χ0) is 34.0. The topological polar surface area (TPSA) is 104 Å². The van der Waals surface area contributed by atoms with Crippen LogP contribution in [0.1, 0.15) is 45.1 Å². The van der Waals surface area contributed by atoms with Gasteiger partial charge in [0, 0.05) is 11.5 Å². The molecule has 2 aliphatic heterocycles. The molecular formula is C31H25Cl2F5N2O6. The molecule has 0 radical (unpaired) electrons. The van der Waals surface area contributed by atoms with E-state index < -0.39 is 104 Å². The summed E-state index contributed by atoms with van der Waals surface area (Å²) in [6.07, 6.45) is 1.00. The number of halogens is 7. The summed E-state index contributed by atoms with van der Waals surface area (Å²) >= 11 is 14.1. The minimum absolute atomic E-state index is 0.0190. The van der Waals surface area contributed by atoms with Crippen molar-refractivity contribution in [3.05, 3.63) is 64.5 Å². The van der Waals surface area contributed by atoms with Crippen LogP contribution in [-0.4, -0.2) is 56.0 Å². The van der Waals surface area contributed by atoms with Gasteiger partial charge in [-0.3, -0.25) is 24.1 Å². The van der Waals surface area contributed by atoms with Crippen molar-refractivity contribution in [3.63, 3.8) is 0 Å². The van der Waals surface area contributed by atoms with E-state index in [1.165, 1.54) is 25.3 Å². The molecule has 0 aromatic heterocycles. The summed E-state index contributed by atoms with van der Waals surface area (Å²) in [6.45, 7) is 4.98. The number of anilines is 1. The lowest BCUT2D eigenvalue weighted by Gasteiger charge is -2.50. The summed E-state index contributed by atoms with van der Waals surface area (Å²) in [5.41, 5.74) is -2.39. The maximum Gasteiger partial charge on any atom is 0.258 e. The van der Waals surface area contributed by atoms with Crippen LogP contribution < -0.4 is 9.64 Å². The fraction of sp³-hybridized carbons (Fsp3) is 0.419. The van der Waals surface area contributed by atoms with Crippen molar-refractivity contribution in [2.24, 2.45) is 17.8 Å². The molecule has 46 heavy (non-hydrogen) atoms. The van der Waals surface area contributed by atoms with Crippen molar-refractivity contribution in [1.82, 2.24) is 4.90 Å². The second-order valence-electron chi connectivity index (χ2n) is 12.8. The minimum Gasteiger partial charge on any atom is -0.504 e. The van der Waals surface area contributed by atoms with Crippen molar-refractivity contribution in [3.8, 4) is 11.5 Å². The van der Waals surface area contributed by atoms with Gasteiger partial charge in [0.15, 0.2) is 44.5 Å². The van der Waals surface area contributed by atoms with Gasteiger partial charge in [0.2, 0.25) is 17.6 Å². The molecule has 2 saturated heterocycles. The van der Waals surface area contributed by atoms with Gasteiger partial charge in [-0.25, -0.2) is 26.9 Å². The lowest BCUT2D eigenvalue weighted by atomic mass is 9.56. The summed E-state index contributed by atoms with van der Waals surface area (Å²) < 4.78 is 78.1. The summed E-state index contributed by atoms with van der Waals surface area (Å²) in [5.74, 6) is -21.4. The molecule has 0 bridgehead atoms. The Morgan fingerprint density at radius 3 is 2.04 bits per heavy atom. The molecule has 2 aliphatic carbocycles. The Morgan fingerprint density at radius 1 is 0.891 bits per heavy atom.